The Balaban J connectivity index is 3.45. The topological polar surface area (TPSA) is 0 Å². The van der Waals surface area contributed by atoms with Crippen molar-refractivity contribution in [2.75, 3.05) is 0 Å². The first-order valence-corrected chi connectivity index (χ1v) is 6.61. The Morgan fingerprint density at radius 2 is 2.07 bits per heavy atom. The fourth-order valence-electron chi connectivity index (χ4n) is 1.35. The standard InChI is InChI=1S/C13H22S2/c1-3-4-5-6-9-12(2)10-7-8-11-13(14)15/h9,13-15H,5-8,10-11H2,1-2H3/b12-9+. The van der Waals surface area contributed by atoms with Crippen LogP contribution in [-0.4, -0.2) is 4.58 Å². The summed E-state index contributed by atoms with van der Waals surface area (Å²) in [6.45, 7) is 4.10. The minimum absolute atomic E-state index is 0.245. The van der Waals surface area contributed by atoms with Crippen molar-refractivity contribution in [1.82, 2.24) is 0 Å². The van der Waals surface area contributed by atoms with Gasteiger partial charge in [0, 0.05) is 11.0 Å². The normalized spacial score (nSPS) is 11.4. The van der Waals surface area contributed by atoms with Crippen molar-refractivity contribution in [2.24, 2.45) is 0 Å². The van der Waals surface area contributed by atoms with Gasteiger partial charge in [-0.2, -0.15) is 25.3 Å². The van der Waals surface area contributed by atoms with Crippen molar-refractivity contribution in [3.63, 3.8) is 0 Å². The van der Waals surface area contributed by atoms with Gasteiger partial charge in [-0.3, -0.25) is 0 Å². The number of unbranched alkanes of at least 4 members (excludes halogenated alkanes) is 2. The van der Waals surface area contributed by atoms with Crippen molar-refractivity contribution in [1.29, 1.82) is 0 Å². The van der Waals surface area contributed by atoms with Crippen LogP contribution in [0.15, 0.2) is 11.6 Å². The average molecular weight is 242 g/mol. The first-order chi connectivity index (χ1) is 7.16. The van der Waals surface area contributed by atoms with Crippen LogP contribution in [0.3, 0.4) is 0 Å². The number of hydrogen-bond donors (Lipinski definition) is 2. The van der Waals surface area contributed by atoms with Gasteiger partial charge in [0.2, 0.25) is 0 Å². The summed E-state index contributed by atoms with van der Waals surface area (Å²) in [5.74, 6) is 5.98. The van der Waals surface area contributed by atoms with Crippen molar-refractivity contribution in [2.45, 2.75) is 57.0 Å². The second-order valence-corrected chi connectivity index (χ2v) is 5.40. The van der Waals surface area contributed by atoms with Gasteiger partial charge >= 0.3 is 0 Å². The quantitative estimate of drug-likeness (QED) is 0.212. The van der Waals surface area contributed by atoms with Crippen molar-refractivity contribution < 1.29 is 0 Å². The van der Waals surface area contributed by atoms with Crippen LogP contribution < -0.4 is 0 Å². The molecule has 0 spiro atoms. The third kappa shape index (κ3) is 11.9. The Labute approximate surface area is 106 Å². The highest BCUT2D eigenvalue weighted by Crippen LogP contribution is 2.14. The van der Waals surface area contributed by atoms with Crippen LogP contribution >= 0.6 is 25.3 Å². The first-order valence-electron chi connectivity index (χ1n) is 5.58. The number of allylic oxidation sites excluding steroid dienone is 2. The van der Waals surface area contributed by atoms with Crippen molar-refractivity contribution in [3.8, 4) is 11.8 Å². The highest BCUT2D eigenvalue weighted by molar-refractivity contribution is 7.99. The molecule has 0 aromatic heterocycles. The van der Waals surface area contributed by atoms with Crippen LogP contribution in [0.4, 0.5) is 0 Å². The molecule has 0 aliphatic carbocycles. The monoisotopic (exact) mass is 242 g/mol. The number of thiol groups is 2. The van der Waals surface area contributed by atoms with Gasteiger partial charge in [-0.25, -0.2) is 0 Å². The molecule has 0 bridgehead atoms. The molecule has 0 heterocycles. The van der Waals surface area contributed by atoms with E-state index in [0.717, 1.165) is 19.3 Å². The summed E-state index contributed by atoms with van der Waals surface area (Å²) in [6, 6.07) is 0. The highest BCUT2D eigenvalue weighted by Gasteiger charge is 1.96. The maximum atomic E-state index is 4.24. The van der Waals surface area contributed by atoms with Crippen LogP contribution in [0.2, 0.25) is 0 Å². The minimum atomic E-state index is 0.245. The molecule has 0 amide bonds. The Kier molecular flexibility index (Phi) is 10.5. The smallest absolute Gasteiger partial charge is 0.0442 e. The Bertz CT molecular complexity index is 231. The van der Waals surface area contributed by atoms with E-state index in [2.05, 4.69) is 50.1 Å². The van der Waals surface area contributed by atoms with Crippen LogP contribution in [-0.2, 0) is 0 Å². The van der Waals surface area contributed by atoms with Gasteiger partial charge in [-0.05, 0) is 39.5 Å². The Morgan fingerprint density at radius 3 is 2.67 bits per heavy atom. The third-order valence-corrected chi connectivity index (χ3v) is 2.74. The molecule has 0 aliphatic heterocycles. The summed E-state index contributed by atoms with van der Waals surface area (Å²) < 4.78 is 0.245. The molecule has 0 unspecified atom stereocenters. The molecule has 0 fully saturated rings. The zero-order valence-corrected chi connectivity index (χ0v) is 11.6. The number of rotatable bonds is 7. The molecule has 0 atom stereocenters. The predicted molar refractivity (Wildman–Crippen MR) is 76.7 cm³/mol. The highest BCUT2D eigenvalue weighted by atomic mass is 32.2. The maximum Gasteiger partial charge on any atom is 0.0442 e. The van der Waals surface area contributed by atoms with E-state index in [1.807, 2.05) is 6.92 Å². The molecule has 0 rings (SSSR count). The van der Waals surface area contributed by atoms with Crippen molar-refractivity contribution >= 4 is 25.3 Å². The molecular formula is C13H22S2. The molecular weight excluding hydrogens is 220 g/mol. The summed E-state index contributed by atoms with van der Waals surface area (Å²) in [4.78, 5) is 0. The Morgan fingerprint density at radius 1 is 1.33 bits per heavy atom. The van der Waals surface area contributed by atoms with E-state index in [1.165, 1.54) is 24.8 Å². The molecule has 0 aliphatic rings. The van der Waals surface area contributed by atoms with Crippen molar-refractivity contribution in [3.05, 3.63) is 11.6 Å². The molecule has 0 radical (unpaired) electrons. The zero-order chi connectivity index (χ0) is 11.5. The molecule has 0 nitrogen and oxygen atoms in total. The SMILES string of the molecule is CC#CCC/C=C(\C)CCCCC(S)S. The van der Waals surface area contributed by atoms with Crippen LogP contribution in [0.25, 0.3) is 0 Å². The lowest BCUT2D eigenvalue weighted by molar-refractivity contribution is 0.707. The second-order valence-electron chi connectivity index (χ2n) is 3.74. The van der Waals surface area contributed by atoms with Gasteiger partial charge in [0.1, 0.15) is 0 Å². The van der Waals surface area contributed by atoms with Gasteiger partial charge < -0.3 is 0 Å². The van der Waals surface area contributed by atoms with E-state index in [1.54, 1.807) is 0 Å². The van der Waals surface area contributed by atoms with Gasteiger partial charge in [0.25, 0.3) is 0 Å². The van der Waals surface area contributed by atoms with E-state index >= 15 is 0 Å². The molecule has 0 aromatic rings. The molecule has 2 heteroatoms. The van der Waals surface area contributed by atoms with Gasteiger partial charge in [0.15, 0.2) is 0 Å². The summed E-state index contributed by atoms with van der Waals surface area (Å²) >= 11 is 8.47. The van der Waals surface area contributed by atoms with Crippen LogP contribution in [0.5, 0.6) is 0 Å². The van der Waals surface area contributed by atoms with Gasteiger partial charge in [-0.15, -0.1) is 11.8 Å². The fourth-order valence-corrected chi connectivity index (χ4v) is 1.71. The molecule has 0 aromatic carbocycles. The maximum absolute atomic E-state index is 4.24. The lowest BCUT2D eigenvalue weighted by Crippen LogP contribution is -1.87. The third-order valence-electron chi connectivity index (χ3n) is 2.22. The lowest BCUT2D eigenvalue weighted by Gasteiger charge is -2.03. The number of hydrogen-bond acceptors (Lipinski definition) is 2. The predicted octanol–water partition coefficient (Wildman–Crippen LogP) is 4.48. The lowest BCUT2D eigenvalue weighted by atomic mass is 10.1. The summed E-state index contributed by atoms with van der Waals surface area (Å²) in [7, 11) is 0. The van der Waals surface area contributed by atoms with E-state index in [4.69, 9.17) is 0 Å². The molecule has 15 heavy (non-hydrogen) atoms. The fraction of sp³-hybridized carbons (Fsp3) is 0.692. The Hall–Kier alpha value is -0.000000000000000111. The van der Waals surface area contributed by atoms with Gasteiger partial charge in [-0.1, -0.05) is 18.1 Å². The summed E-state index contributed by atoms with van der Waals surface area (Å²) in [5, 5.41) is 0. The zero-order valence-electron chi connectivity index (χ0n) is 9.79. The molecule has 0 N–H and O–H groups in total. The van der Waals surface area contributed by atoms with E-state index in [9.17, 15) is 0 Å². The van der Waals surface area contributed by atoms with Crippen LogP contribution in [0.1, 0.15) is 52.4 Å². The van der Waals surface area contributed by atoms with E-state index in [-0.39, 0.29) is 4.58 Å². The summed E-state index contributed by atoms with van der Waals surface area (Å²) in [6.07, 6.45) is 9.16. The largest absolute Gasteiger partial charge is 0.165 e. The summed E-state index contributed by atoms with van der Waals surface area (Å²) in [5.41, 5.74) is 1.49. The molecule has 86 valence electrons. The van der Waals surface area contributed by atoms with Crippen LogP contribution in [0, 0.1) is 11.8 Å². The van der Waals surface area contributed by atoms with E-state index < -0.39 is 0 Å². The second kappa shape index (κ2) is 10.5. The molecule has 0 saturated carbocycles. The molecule has 0 saturated heterocycles. The first kappa shape index (κ1) is 15.0. The van der Waals surface area contributed by atoms with Gasteiger partial charge in [0.05, 0.1) is 0 Å². The average Bonchev–Trinajstić information content (AvgIpc) is 2.19. The minimum Gasteiger partial charge on any atom is -0.165 e. The van der Waals surface area contributed by atoms with E-state index in [0.29, 0.717) is 0 Å².